The van der Waals surface area contributed by atoms with Crippen LogP contribution in [0.4, 0.5) is 10.1 Å². The maximum Gasteiger partial charge on any atom is 0.234 e. The van der Waals surface area contributed by atoms with Crippen molar-refractivity contribution in [2.24, 2.45) is 0 Å². The number of hydrogen-bond donors (Lipinski definition) is 2. The van der Waals surface area contributed by atoms with Gasteiger partial charge < -0.3 is 15.0 Å². The zero-order valence-corrected chi connectivity index (χ0v) is 13.8. The van der Waals surface area contributed by atoms with E-state index < -0.39 is 0 Å². The fraction of sp³-hybridized carbons (Fsp3) is 0.176. The minimum absolute atomic E-state index is 0.175. The van der Waals surface area contributed by atoms with Crippen LogP contribution in [-0.2, 0) is 4.79 Å². The summed E-state index contributed by atoms with van der Waals surface area (Å²) >= 11 is 1.28. The van der Waals surface area contributed by atoms with E-state index in [1.807, 2.05) is 25.1 Å². The third-order valence-electron chi connectivity index (χ3n) is 3.19. The molecule has 24 heavy (non-hydrogen) atoms. The van der Waals surface area contributed by atoms with E-state index in [9.17, 15) is 9.18 Å². The lowest BCUT2D eigenvalue weighted by Gasteiger charge is -2.03. The molecule has 7 heteroatoms. The fourth-order valence-electron chi connectivity index (χ4n) is 2.19. The minimum atomic E-state index is -0.386. The van der Waals surface area contributed by atoms with E-state index in [1.54, 1.807) is 12.1 Å². The first-order valence-corrected chi connectivity index (χ1v) is 8.43. The monoisotopic (exact) mass is 345 g/mol. The number of carbonyl (C=O) groups is 1. The van der Waals surface area contributed by atoms with Crippen molar-refractivity contribution in [2.45, 2.75) is 12.1 Å². The first kappa shape index (κ1) is 16.3. The van der Waals surface area contributed by atoms with Crippen molar-refractivity contribution in [3.8, 4) is 5.75 Å². The first-order chi connectivity index (χ1) is 11.6. The number of rotatable bonds is 6. The Bertz CT molecular complexity index is 866. The molecule has 0 fully saturated rings. The normalized spacial score (nSPS) is 10.8. The summed E-state index contributed by atoms with van der Waals surface area (Å²) in [7, 11) is 0. The number of thioether (sulfide) groups is 1. The van der Waals surface area contributed by atoms with Gasteiger partial charge in [-0.05, 0) is 37.3 Å². The fourth-order valence-corrected chi connectivity index (χ4v) is 2.87. The SMILES string of the molecule is CCOc1ccc2nc(SCC(=O)Nc3cccc(F)c3)[nH]c2c1. The third-order valence-corrected chi connectivity index (χ3v) is 4.06. The molecule has 124 valence electrons. The molecule has 0 bridgehead atoms. The van der Waals surface area contributed by atoms with Crippen molar-refractivity contribution in [3.63, 3.8) is 0 Å². The van der Waals surface area contributed by atoms with Crippen LogP contribution in [-0.4, -0.2) is 28.2 Å². The molecule has 3 rings (SSSR count). The predicted molar refractivity (Wildman–Crippen MR) is 93.0 cm³/mol. The number of carbonyl (C=O) groups excluding carboxylic acids is 1. The van der Waals surface area contributed by atoms with Crippen LogP contribution in [0.1, 0.15) is 6.92 Å². The molecule has 2 N–H and O–H groups in total. The van der Waals surface area contributed by atoms with Crippen LogP contribution < -0.4 is 10.1 Å². The minimum Gasteiger partial charge on any atom is -0.494 e. The van der Waals surface area contributed by atoms with Gasteiger partial charge in [-0.25, -0.2) is 9.37 Å². The lowest BCUT2D eigenvalue weighted by Crippen LogP contribution is -2.14. The Kier molecular flexibility index (Phi) is 5.00. The number of amides is 1. The van der Waals surface area contributed by atoms with E-state index in [4.69, 9.17) is 4.74 Å². The summed E-state index contributed by atoms with van der Waals surface area (Å²) in [4.78, 5) is 19.5. The Morgan fingerprint density at radius 3 is 3.00 bits per heavy atom. The van der Waals surface area contributed by atoms with Crippen LogP contribution in [0.5, 0.6) is 5.75 Å². The number of nitrogens with zero attached hydrogens (tertiary/aromatic N) is 1. The number of nitrogens with one attached hydrogen (secondary N) is 2. The van der Waals surface area contributed by atoms with Gasteiger partial charge in [-0.2, -0.15) is 0 Å². The molecule has 0 aliphatic carbocycles. The highest BCUT2D eigenvalue weighted by Crippen LogP contribution is 2.23. The van der Waals surface area contributed by atoms with Crippen LogP contribution in [0.3, 0.4) is 0 Å². The number of aromatic amines is 1. The summed E-state index contributed by atoms with van der Waals surface area (Å²) in [6.07, 6.45) is 0. The quantitative estimate of drug-likeness (QED) is 0.666. The molecule has 1 aromatic heterocycles. The topological polar surface area (TPSA) is 67.0 Å². The number of H-pyrrole nitrogens is 1. The van der Waals surface area contributed by atoms with Gasteiger partial charge in [0.25, 0.3) is 0 Å². The first-order valence-electron chi connectivity index (χ1n) is 7.45. The Balaban J connectivity index is 1.61. The number of benzene rings is 2. The van der Waals surface area contributed by atoms with Crippen LogP contribution in [0, 0.1) is 5.82 Å². The Labute approximate surface area is 142 Å². The van der Waals surface area contributed by atoms with Crippen molar-refractivity contribution in [3.05, 3.63) is 48.3 Å². The van der Waals surface area contributed by atoms with E-state index in [1.165, 1.54) is 23.9 Å². The molecule has 0 spiro atoms. The van der Waals surface area contributed by atoms with Crippen LogP contribution in [0.25, 0.3) is 11.0 Å². The number of aromatic nitrogens is 2. The number of ether oxygens (including phenoxy) is 1. The molecule has 5 nitrogen and oxygen atoms in total. The highest BCUT2D eigenvalue weighted by atomic mass is 32.2. The summed E-state index contributed by atoms with van der Waals surface area (Å²) in [5.74, 6) is 0.340. The lowest BCUT2D eigenvalue weighted by molar-refractivity contribution is -0.113. The van der Waals surface area contributed by atoms with Crippen molar-refractivity contribution >= 4 is 34.4 Å². The molecule has 0 aliphatic heterocycles. The van der Waals surface area contributed by atoms with E-state index in [-0.39, 0.29) is 17.5 Å². The lowest BCUT2D eigenvalue weighted by atomic mass is 10.3. The molecule has 2 aromatic carbocycles. The van der Waals surface area contributed by atoms with Gasteiger partial charge in [0.2, 0.25) is 5.91 Å². The van der Waals surface area contributed by atoms with E-state index in [2.05, 4.69) is 15.3 Å². The van der Waals surface area contributed by atoms with Crippen LogP contribution >= 0.6 is 11.8 Å². The van der Waals surface area contributed by atoms with Gasteiger partial charge in [0.1, 0.15) is 11.6 Å². The molecule has 0 saturated carbocycles. The van der Waals surface area contributed by atoms with Crippen molar-refractivity contribution in [1.29, 1.82) is 0 Å². The molecule has 0 unspecified atom stereocenters. The highest BCUT2D eigenvalue weighted by Gasteiger charge is 2.08. The van der Waals surface area contributed by atoms with E-state index in [0.717, 1.165) is 16.8 Å². The summed E-state index contributed by atoms with van der Waals surface area (Å²) in [5, 5.41) is 3.30. The molecule has 1 amide bonds. The summed E-state index contributed by atoms with van der Waals surface area (Å²) < 4.78 is 18.5. The molecular formula is C17H16FN3O2S. The Morgan fingerprint density at radius 2 is 2.21 bits per heavy atom. The van der Waals surface area contributed by atoms with Gasteiger partial charge in [-0.1, -0.05) is 17.8 Å². The summed E-state index contributed by atoms with van der Waals surface area (Å²) in [6, 6.07) is 11.4. The molecule has 0 aliphatic rings. The highest BCUT2D eigenvalue weighted by molar-refractivity contribution is 7.99. The average molecular weight is 345 g/mol. The van der Waals surface area contributed by atoms with Crippen molar-refractivity contribution < 1.29 is 13.9 Å². The Hall–Kier alpha value is -2.54. The number of hydrogen-bond acceptors (Lipinski definition) is 4. The van der Waals surface area contributed by atoms with Gasteiger partial charge in [0, 0.05) is 11.8 Å². The maximum atomic E-state index is 13.1. The van der Waals surface area contributed by atoms with Crippen molar-refractivity contribution in [2.75, 3.05) is 17.7 Å². The molecule has 0 saturated heterocycles. The van der Waals surface area contributed by atoms with Crippen molar-refractivity contribution in [1.82, 2.24) is 9.97 Å². The Morgan fingerprint density at radius 1 is 1.33 bits per heavy atom. The van der Waals surface area contributed by atoms with E-state index in [0.29, 0.717) is 17.5 Å². The summed E-state index contributed by atoms with van der Waals surface area (Å²) in [6.45, 7) is 2.52. The molecular weight excluding hydrogens is 329 g/mol. The van der Waals surface area contributed by atoms with Gasteiger partial charge in [0.05, 0.1) is 23.4 Å². The standard InChI is InChI=1S/C17H16FN3O2S/c1-2-23-13-6-7-14-15(9-13)21-17(20-14)24-10-16(22)19-12-5-3-4-11(18)8-12/h3-9H,2,10H2,1H3,(H,19,22)(H,20,21). The predicted octanol–water partition coefficient (Wildman–Crippen LogP) is 3.83. The zero-order chi connectivity index (χ0) is 16.9. The second-order valence-electron chi connectivity index (χ2n) is 5.00. The second-order valence-corrected chi connectivity index (χ2v) is 5.97. The van der Waals surface area contributed by atoms with Crippen LogP contribution in [0.15, 0.2) is 47.6 Å². The number of fused-ring (bicyclic) bond motifs is 1. The molecule has 0 radical (unpaired) electrons. The molecule has 3 aromatic rings. The van der Waals surface area contributed by atoms with Gasteiger partial charge >= 0.3 is 0 Å². The second kappa shape index (κ2) is 7.35. The van der Waals surface area contributed by atoms with Gasteiger partial charge in [-0.15, -0.1) is 0 Å². The van der Waals surface area contributed by atoms with Gasteiger partial charge in [0.15, 0.2) is 5.16 Å². The zero-order valence-electron chi connectivity index (χ0n) is 13.0. The smallest absolute Gasteiger partial charge is 0.234 e. The molecule has 0 atom stereocenters. The molecule has 1 heterocycles. The summed E-state index contributed by atoms with van der Waals surface area (Å²) in [5.41, 5.74) is 2.10. The third kappa shape index (κ3) is 4.05. The van der Waals surface area contributed by atoms with Gasteiger partial charge in [-0.3, -0.25) is 4.79 Å². The average Bonchev–Trinajstić information content (AvgIpc) is 2.95. The largest absolute Gasteiger partial charge is 0.494 e. The van der Waals surface area contributed by atoms with E-state index >= 15 is 0 Å². The number of imidazole rings is 1. The van der Waals surface area contributed by atoms with Crippen LogP contribution in [0.2, 0.25) is 0 Å². The number of halogens is 1. The maximum absolute atomic E-state index is 13.1. The number of anilines is 1.